The Kier molecular flexibility index (Phi) is 8.03. The standard InChI is InChI=1S/C27H30N2O3/c1-20-8-7-11-23(16-20)19-29(26(30)18-22-12-14-24(32-3)15-13-22)25(27(31)28-2)17-21-9-5-4-6-10-21/h4-16,25H,17-19H2,1-3H3,(H,28,31). The quantitative estimate of drug-likeness (QED) is 0.560. The average Bonchev–Trinajstić information content (AvgIpc) is 2.82. The van der Waals surface area contributed by atoms with Crippen LogP contribution in [0, 0.1) is 6.92 Å². The molecule has 1 unspecified atom stereocenters. The minimum absolute atomic E-state index is 0.0961. The third-order valence-corrected chi connectivity index (χ3v) is 5.47. The number of benzene rings is 3. The third-order valence-electron chi connectivity index (χ3n) is 5.47. The molecule has 2 amide bonds. The Morgan fingerprint density at radius 2 is 1.59 bits per heavy atom. The minimum atomic E-state index is -0.617. The van der Waals surface area contributed by atoms with Crippen LogP contribution in [0.4, 0.5) is 0 Å². The van der Waals surface area contributed by atoms with Gasteiger partial charge in [0.15, 0.2) is 0 Å². The number of aryl methyl sites for hydroxylation is 1. The van der Waals surface area contributed by atoms with Gasteiger partial charge in [0.25, 0.3) is 0 Å². The van der Waals surface area contributed by atoms with Gasteiger partial charge >= 0.3 is 0 Å². The number of rotatable bonds is 9. The van der Waals surface area contributed by atoms with E-state index in [1.54, 1.807) is 19.1 Å². The molecule has 0 aliphatic heterocycles. The fraction of sp³-hybridized carbons (Fsp3) is 0.259. The van der Waals surface area contributed by atoms with Crippen molar-refractivity contribution >= 4 is 11.8 Å². The summed E-state index contributed by atoms with van der Waals surface area (Å²) in [7, 11) is 3.22. The van der Waals surface area contributed by atoms with Crippen molar-refractivity contribution in [1.82, 2.24) is 10.2 Å². The summed E-state index contributed by atoms with van der Waals surface area (Å²) in [6, 6.07) is 24.7. The zero-order valence-electron chi connectivity index (χ0n) is 18.9. The van der Waals surface area contributed by atoms with Gasteiger partial charge < -0.3 is 15.0 Å². The maximum Gasteiger partial charge on any atom is 0.242 e. The van der Waals surface area contributed by atoms with Gasteiger partial charge in [-0.25, -0.2) is 0 Å². The second-order valence-electron chi connectivity index (χ2n) is 7.86. The number of carbonyl (C=O) groups is 2. The summed E-state index contributed by atoms with van der Waals surface area (Å²) in [4.78, 5) is 28.2. The first-order valence-corrected chi connectivity index (χ1v) is 10.7. The molecule has 0 aromatic heterocycles. The molecular weight excluding hydrogens is 400 g/mol. The van der Waals surface area contributed by atoms with Gasteiger partial charge in [-0.3, -0.25) is 9.59 Å². The van der Waals surface area contributed by atoms with Crippen molar-refractivity contribution in [3.05, 3.63) is 101 Å². The normalized spacial score (nSPS) is 11.5. The van der Waals surface area contributed by atoms with Crippen LogP contribution < -0.4 is 10.1 Å². The molecule has 0 spiro atoms. The molecule has 0 radical (unpaired) electrons. The van der Waals surface area contributed by atoms with Crippen LogP contribution in [0.3, 0.4) is 0 Å². The molecule has 0 aliphatic rings. The first-order valence-electron chi connectivity index (χ1n) is 10.7. The van der Waals surface area contributed by atoms with E-state index in [9.17, 15) is 9.59 Å². The van der Waals surface area contributed by atoms with E-state index < -0.39 is 6.04 Å². The van der Waals surface area contributed by atoms with E-state index in [4.69, 9.17) is 4.74 Å². The molecule has 32 heavy (non-hydrogen) atoms. The van der Waals surface area contributed by atoms with Gasteiger partial charge in [0.1, 0.15) is 11.8 Å². The summed E-state index contributed by atoms with van der Waals surface area (Å²) in [5.74, 6) is 0.468. The molecule has 5 heteroatoms. The van der Waals surface area contributed by atoms with Gasteiger partial charge in [-0.2, -0.15) is 0 Å². The predicted molar refractivity (Wildman–Crippen MR) is 126 cm³/mol. The minimum Gasteiger partial charge on any atom is -0.497 e. The van der Waals surface area contributed by atoms with Crippen molar-refractivity contribution in [3.63, 3.8) is 0 Å². The lowest BCUT2D eigenvalue weighted by Crippen LogP contribution is -2.50. The summed E-state index contributed by atoms with van der Waals surface area (Å²) in [5, 5.41) is 2.75. The molecule has 166 valence electrons. The van der Waals surface area contributed by atoms with Crippen molar-refractivity contribution in [2.75, 3.05) is 14.2 Å². The van der Waals surface area contributed by atoms with Crippen LogP contribution in [0.2, 0.25) is 0 Å². The highest BCUT2D eigenvalue weighted by molar-refractivity contribution is 5.88. The van der Waals surface area contributed by atoms with E-state index >= 15 is 0 Å². The second kappa shape index (κ2) is 11.1. The number of carbonyl (C=O) groups excluding carboxylic acids is 2. The Labute approximate surface area is 190 Å². The molecule has 0 aliphatic carbocycles. The summed E-state index contributed by atoms with van der Waals surface area (Å²) in [6.45, 7) is 2.38. The highest BCUT2D eigenvalue weighted by Crippen LogP contribution is 2.18. The second-order valence-corrected chi connectivity index (χ2v) is 7.86. The van der Waals surface area contributed by atoms with Crippen molar-refractivity contribution in [2.24, 2.45) is 0 Å². The predicted octanol–water partition coefficient (Wildman–Crippen LogP) is 3.93. The maximum atomic E-state index is 13.5. The molecule has 3 aromatic rings. The van der Waals surface area contributed by atoms with E-state index in [1.165, 1.54) is 0 Å². The van der Waals surface area contributed by atoms with Gasteiger partial charge in [0, 0.05) is 20.0 Å². The van der Waals surface area contributed by atoms with Crippen molar-refractivity contribution < 1.29 is 14.3 Å². The average molecular weight is 431 g/mol. The Bertz CT molecular complexity index is 1030. The summed E-state index contributed by atoms with van der Waals surface area (Å²) in [6.07, 6.45) is 0.652. The summed E-state index contributed by atoms with van der Waals surface area (Å²) in [5.41, 5.74) is 3.99. The largest absolute Gasteiger partial charge is 0.497 e. The number of likely N-dealkylation sites (N-methyl/N-ethyl adjacent to an activating group) is 1. The van der Waals surface area contributed by atoms with E-state index in [1.807, 2.05) is 79.7 Å². The Morgan fingerprint density at radius 3 is 2.22 bits per heavy atom. The van der Waals surface area contributed by atoms with Crippen LogP contribution in [0.1, 0.15) is 22.3 Å². The monoisotopic (exact) mass is 430 g/mol. The highest BCUT2D eigenvalue weighted by atomic mass is 16.5. The third kappa shape index (κ3) is 6.20. The number of ether oxygens (including phenoxy) is 1. The van der Waals surface area contributed by atoms with Gasteiger partial charge in [0.05, 0.1) is 13.5 Å². The molecule has 0 saturated carbocycles. The molecule has 1 atom stereocenters. The van der Waals surface area contributed by atoms with E-state index in [0.717, 1.165) is 28.0 Å². The molecule has 0 saturated heterocycles. The van der Waals surface area contributed by atoms with Gasteiger partial charge in [-0.05, 0) is 35.7 Å². The van der Waals surface area contributed by atoms with Gasteiger partial charge in [-0.1, -0.05) is 72.3 Å². The van der Waals surface area contributed by atoms with Gasteiger partial charge in [0.2, 0.25) is 11.8 Å². The van der Waals surface area contributed by atoms with E-state index in [0.29, 0.717) is 13.0 Å². The number of amides is 2. The van der Waals surface area contributed by atoms with Crippen LogP contribution in [-0.2, 0) is 29.0 Å². The number of hydrogen-bond acceptors (Lipinski definition) is 3. The first-order chi connectivity index (χ1) is 15.5. The molecule has 3 aromatic carbocycles. The van der Waals surface area contributed by atoms with Crippen molar-refractivity contribution in [1.29, 1.82) is 0 Å². The molecule has 0 bridgehead atoms. The Hall–Kier alpha value is -3.60. The number of nitrogens with one attached hydrogen (secondary N) is 1. The van der Waals surface area contributed by atoms with Crippen molar-refractivity contribution in [3.8, 4) is 5.75 Å². The van der Waals surface area contributed by atoms with Crippen LogP contribution in [0.25, 0.3) is 0 Å². The molecule has 1 N–H and O–H groups in total. The van der Waals surface area contributed by atoms with Crippen LogP contribution in [0.5, 0.6) is 5.75 Å². The molecule has 3 rings (SSSR count). The number of nitrogens with zero attached hydrogens (tertiary/aromatic N) is 1. The summed E-state index contributed by atoms with van der Waals surface area (Å²) < 4.78 is 5.21. The molecule has 0 heterocycles. The molecule has 5 nitrogen and oxygen atoms in total. The smallest absolute Gasteiger partial charge is 0.242 e. The number of hydrogen-bond donors (Lipinski definition) is 1. The zero-order valence-corrected chi connectivity index (χ0v) is 18.9. The lowest BCUT2D eigenvalue weighted by Gasteiger charge is -2.31. The van der Waals surface area contributed by atoms with Crippen LogP contribution in [-0.4, -0.2) is 36.9 Å². The number of methoxy groups -OCH3 is 1. The molecule has 0 fully saturated rings. The highest BCUT2D eigenvalue weighted by Gasteiger charge is 2.29. The Balaban J connectivity index is 1.92. The SMILES string of the molecule is CNC(=O)C(Cc1ccccc1)N(Cc1cccc(C)c1)C(=O)Cc1ccc(OC)cc1. The van der Waals surface area contributed by atoms with E-state index in [-0.39, 0.29) is 18.2 Å². The van der Waals surface area contributed by atoms with Crippen molar-refractivity contribution in [2.45, 2.75) is 32.4 Å². The fourth-order valence-electron chi connectivity index (χ4n) is 3.75. The fourth-order valence-corrected chi connectivity index (χ4v) is 3.75. The summed E-state index contributed by atoms with van der Waals surface area (Å²) >= 11 is 0. The van der Waals surface area contributed by atoms with Crippen LogP contribution in [0.15, 0.2) is 78.9 Å². The zero-order chi connectivity index (χ0) is 22.9. The Morgan fingerprint density at radius 1 is 0.906 bits per heavy atom. The lowest BCUT2D eigenvalue weighted by atomic mass is 10.0. The van der Waals surface area contributed by atoms with Crippen LogP contribution >= 0.6 is 0 Å². The maximum absolute atomic E-state index is 13.5. The lowest BCUT2D eigenvalue weighted by molar-refractivity contribution is -0.140. The van der Waals surface area contributed by atoms with Gasteiger partial charge in [-0.15, -0.1) is 0 Å². The van der Waals surface area contributed by atoms with E-state index in [2.05, 4.69) is 11.4 Å². The first kappa shape index (κ1) is 23.1. The molecular formula is C27H30N2O3. The topological polar surface area (TPSA) is 58.6 Å².